The summed E-state index contributed by atoms with van der Waals surface area (Å²) in [5.41, 5.74) is 1.80. The molecule has 0 amide bonds. The zero-order valence-corrected chi connectivity index (χ0v) is 11.3. The quantitative estimate of drug-likeness (QED) is 0.793. The minimum Gasteiger partial charge on any atom is -0.473 e. The van der Waals surface area contributed by atoms with Crippen LogP contribution >= 0.6 is 11.3 Å². The fourth-order valence-corrected chi connectivity index (χ4v) is 2.84. The van der Waals surface area contributed by atoms with Crippen LogP contribution in [0.5, 0.6) is 5.19 Å². The number of nitrogens with zero attached hydrogens (tertiary/aromatic N) is 1. The van der Waals surface area contributed by atoms with E-state index in [9.17, 15) is 5.11 Å². The van der Waals surface area contributed by atoms with Crippen LogP contribution in [0.4, 0.5) is 0 Å². The molecule has 3 rings (SSSR count). The predicted octanol–water partition coefficient (Wildman–Crippen LogP) is 3.46. The molecule has 3 nitrogen and oxygen atoms in total. The number of methoxy groups -OCH3 is 1. The lowest BCUT2D eigenvalue weighted by molar-refractivity contribution is 0.286. The molecule has 0 saturated carbocycles. The van der Waals surface area contributed by atoms with Crippen LogP contribution in [-0.2, 0) is 6.61 Å². The number of hydrogen-bond acceptors (Lipinski definition) is 4. The number of ether oxygens (including phenoxy) is 1. The molecule has 0 unspecified atom stereocenters. The van der Waals surface area contributed by atoms with Gasteiger partial charge in [0.2, 0.25) is 0 Å². The van der Waals surface area contributed by atoms with Crippen molar-refractivity contribution < 1.29 is 9.84 Å². The average molecular weight is 271 g/mol. The molecule has 0 aliphatic rings. The number of aliphatic hydroxyl groups is 1. The maximum absolute atomic E-state index is 9.42. The first-order valence-corrected chi connectivity index (χ1v) is 6.77. The van der Waals surface area contributed by atoms with Crippen LogP contribution in [-0.4, -0.2) is 17.2 Å². The third kappa shape index (κ3) is 2.20. The Morgan fingerprint density at radius 3 is 2.68 bits per heavy atom. The first-order chi connectivity index (χ1) is 9.31. The summed E-state index contributed by atoms with van der Waals surface area (Å²) in [4.78, 5) is 5.24. The second-order valence-electron chi connectivity index (χ2n) is 4.18. The Labute approximate surface area is 115 Å². The molecule has 0 radical (unpaired) electrons. The number of rotatable bonds is 3. The zero-order valence-electron chi connectivity index (χ0n) is 10.5. The van der Waals surface area contributed by atoms with E-state index in [0.717, 1.165) is 21.5 Å². The van der Waals surface area contributed by atoms with Gasteiger partial charge >= 0.3 is 0 Å². The van der Waals surface area contributed by atoms with Crippen LogP contribution in [0.1, 0.15) is 4.88 Å². The lowest BCUT2D eigenvalue weighted by Crippen LogP contribution is -1.86. The van der Waals surface area contributed by atoms with Crippen molar-refractivity contribution >= 4 is 22.1 Å². The normalized spacial score (nSPS) is 10.8. The molecule has 1 heterocycles. The highest BCUT2D eigenvalue weighted by atomic mass is 32.1. The highest BCUT2D eigenvalue weighted by molar-refractivity contribution is 7.13. The van der Waals surface area contributed by atoms with E-state index in [1.165, 1.54) is 16.7 Å². The van der Waals surface area contributed by atoms with Crippen molar-refractivity contribution in [1.29, 1.82) is 0 Å². The summed E-state index contributed by atoms with van der Waals surface area (Å²) in [6, 6.07) is 14.4. The van der Waals surface area contributed by atoms with E-state index in [0.29, 0.717) is 5.19 Å². The molecule has 4 heteroatoms. The molecule has 2 aromatic carbocycles. The summed E-state index contributed by atoms with van der Waals surface area (Å²) in [6.45, 7) is -0.0246. The third-order valence-corrected chi connectivity index (χ3v) is 4.02. The van der Waals surface area contributed by atoms with Gasteiger partial charge in [0.15, 0.2) is 0 Å². The average Bonchev–Trinajstić information content (AvgIpc) is 2.90. The minimum absolute atomic E-state index is 0.0246. The van der Waals surface area contributed by atoms with E-state index in [4.69, 9.17) is 4.74 Å². The van der Waals surface area contributed by atoms with Gasteiger partial charge in [0, 0.05) is 5.56 Å². The Hall–Kier alpha value is -1.91. The highest BCUT2D eigenvalue weighted by Gasteiger charge is 2.13. The van der Waals surface area contributed by atoms with E-state index in [-0.39, 0.29) is 6.61 Å². The topological polar surface area (TPSA) is 42.4 Å². The van der Waals surface area contributed by atoms with Crippen LogP contribution in [0.25, 0.3) is 22.0 Å². The fraction of sp³-hybridized carbons (Fsp3) is 0.133. The van der Waals surface area contributed by atoms with E-state index in [1.807, 2.05) is 18.2 Å². The van der Waals surface area contributed by atoms with Gasteiger partial charge in [0.1, 0.15) is 0 Å². The van der Waals surface area contributed by atoms with Gasteiger partial charge in [-0.15, -0.1) is 0 Å². The number of benzene rings is 2. The number of aliphatic hydroxyl groups excluding tert-OH is 1. The van der Waals surface area contributed by atoms with Crippen molar-refractivity contribution in [1.82, 2.24) is 4.98 Å². The van der Waals surface area contributed by atoms with Crippen LogP contribution < -0.4 is 4.74 Å². The number of thiazole rings is 1. The molecule has 0 saturated heterocycles. The minimum atomic E-state index is -0.0246. The molecule has 3 aromatic rings. The first kappa shape index (κ1) is 12.1. The summed E-state index contributed by atoms with van der Waals surface area (Å²) in [5.74, 6) is 0. The number of fused-ring (bicyclic) bond motifs is 1. The Morgan fingerprint density at radius 1 is 1.16 bits per heavy atom. The second kappa shape index (κ2) is 4.99. The molecule has 0 fully saturated rings. The lowest BCUT2D eigenvalue weighted by atomic mass is 10.0. The number of aromatic nitrogens is 1. The predicted molar refractivity (Wildman–Crippen MR) is 77.5 cm³/mol. The zero-order chi connectivity index (χ0) is 13.2. The van der Waals surface area contributed by atoms with Crippen molar-refractivity contribution in [3.63, 3.8) is 0 Å². The van der Waals surface area contributed by atoms with Gasteiger partial charge in [-0.05, 0) is 16.8 Å². The van der Waals surface area contributed by atoms with Crippen molar-refractivity contribution in [3.05, 3.63) is 47.3 Å². The Morgan fingerprint density at radius 2 is 1.95 bits per heavy atom. The van der Waals surface area contributed by atoms with Gasteiger partial charge in [-0.25, -0.2) is 4.98 Å². The molecule has 0 aliphatic heterocycles. The molecule has 96 valence electrons. The van der Waals surface area contributed by atoms with E-state index < -0.39 is 0 Å². The van der Waals surface area contributed by atoms with Crippen molar-refractivity contribution in [2.45, 2.75) is 6.61 Å². The Bertz CT molecular complexity index is 721. The SMILES string of the molecule is COc1nc(-c2ccc3ccccc3c2)c(CO)s1. The lowest BCUT2D eigenvalue weighted by Gasteiger charge is -2.02. The Kier molecular flexibility index (Phi) is 3.19. The molecule has 0 aliphatic carbocycles. The van der Waals surface area contributed by atoms with Gasteiger partial charge in [-0.2, -0.15) is 0 Å². The van der Waals surface area contributed by atoms with Gasteiger partial charge in [-0.3, -0.25) is 0 Å². The molecule has 0 atom stereocenters. The fourth-order valence-electron chi connectivity index (χ4n) is 2.09. The Balaban J connectivity index is 2.15. The maximum Gasteiger partial charge on any atom is 0.273 e. The monoisotopic (exact) mass is 271 g/mol. The molecule has 19 heavy (non-hydrogen) atoms. The summed E-state index contributed by atoms with van der Waals surface area (Å²) in [6.07, 6.45) is 0. The summed E-state index contributed by atoms with van der Waals surface area (Å²) < 4.78 is 5.14. The van der Waals surface area contributed by atoms with Crippen molar-refractivity contribution in [2.75, 3.05) is 7.11 Å². The van der Waals surface area contributed by atoms with Crippen LogP contribution in [0, 0.1) is 0 Å². The summed E-state index contributed by atoms with van der Waals surface area (Å²) >= 11 is 1.38. The molecule has 0 spiro atoms. The van der Waals surface area contributed by atoms with Gasteiger partial charge < -0.3 is 9.84 Å². The highest BCUT2D eigenvalue weighted by Crippen LogP contribution is 2.33. The molecular formula is C15H13NO2S. The largest absolute Gasteiger partial charge is 0.473 e. The van der Waals surface area contributed by atoms with E-state index in [1.54, 1.807) is 7.11 Å². The first-order valence-electron chi connectivity index (χ1n) is 5.95. The van der Waals surface area contributed by atoms with Crippen molar-refractivity contribution in [2.24, 2.45) is 0 Å². The number of hydrogen-bond donors (Lipinski definition) is 1. The molecule has 1 N–H and O–H groups in total. The van der Waals surface area contributed by atoms with E-state index in [2.05, 4.69) is 29.2 Å². The summed E-state index contributed by atoms with van der Waals surface area (Å²) in [5, 5.41) is 12.3. The van der Waals surface area contributed by atoms with Gasteiger partial charge in [-0.1, -0.05) is 47.7 Å². The van der Waals surface area contributed by atoms with Crippen LogP contribution in [0.2, 0.25) is 0 Å². The van der Waals surface area contributed by atoms with Gasteiger partial charge in [0.25, 0.3) is 5.19 Å². The van der Waals surface area contributed by atoms with Crippen LogP contribution in [0.3, 0.4) is 0 Å². The standard InChI is InChI=1S/C15H13NO2S/c1-18-15-16-14(13(9-17)19-15)12-7-6-10-4-2-3-5-11(10)8-12/h2-8,17H,9H2,1H3. The maximum atomic E-state index is 9.42. The molecule has 0 bridgehead atoms. The molecule has 1 aromatic heterocycles. The second-order valence-corrected chi connectivity index (χ2v) is 5.22. The molecular weight excluding hydrogens is 258 g/mol. The van der Waals surface area contributed by atoms with E-state index >= 15 is 0 Å². The van der Waals surface area contributed by atoms with Crippen molar-refractivity contribution in [3.8, 4) is 16.5 Å². The van der Waals surface area contributed by atoms with Crippen LogP contribution in [0.15, 0.2) is 42.5 Å². The van der Waals surface area contributed by atoms with Gasteiger partial charge in [0.05, 0.1) is 24.3 Å². The summed E-state index contributed by atoms with van der Waals surface area (Å²) in [7, 11) is 1.59. The smallest absolute Gasteiger partial charge is 0.273 e. The third-order valence-electron chi connectivity index (χ3n) is 3.02.